The lowest BCUT2D eigenvalue weighted by molar-refractivity contribution is -0.159. The number of hydrogen-bond donors (Lipinski definition) is 4. The van der Waals surface area contributed by atoms with Crippen LogP contribution >= 0.6 is 0 Å². The van der Waals surface area contributed by atoms with E-state index in [1.54, 1.807) is 7.05 Å². The van der Waals surface area contributed by atoms with Crippen LogP contribution in [-0.4, -0.2) is 64.0 Å². The van der Waals surface area contributed by atoms with E-state index in [1.807, 2.05) is 24.8 Å². The van der Waals surface area contributed by atoms with Crippen molar-refractivity contribution in [3.63, 3.8) is 0 Å². The maximum atomic E-state index is 11.7. The zero-order valence-corrected chi connectivity index (χ0v) is 14.8. The molecule has 0 amide bonds. The molecule has 1 aromatic heterocycles. The third kappa shape index (κ3) is 4.79. The predicted octanol–water partition coefficient (Wildman–Crippen LogP) is 0.970. The van der Waals surface area contributed by atoms with Gasteiger partial charge in [0, 0.05) is 31.9 Å². The van der Waals surface area contributed by atoms with Crippen LogP contribution in [0.5, 0.6) is 0 Å². The average Bonchev–Trinajstić information content (AvgIpc) is 2.56. The molecule has 1 fully saturated rings. The van der Waals surface area contributed by atoms with Crippen LogP contribution in [0.1, 0.15) is 31.9 Å². The molecule has 1 aromatic rings. The molecule has 2 atom stereocenters. The van der Waals surface area contributed by atoms with E-state index in [1.165, 1.54) is 0 Å². The quantitative estimate of drug-likeness (QED) is 0.570. The first-order valence-corrected chi connectivity index (χ1v) is 8.12. The lowest BCUT2D eigenvalue weighted by Gasteiger charge is -2.42. The summed E-state index contributed by atoms with van der Waals surface area (Å²) in [6, 6.07) is 1.84. The summed E-state index contributed by atoms with van der Waals surface area (Å²) in [5, 5.41) is 29.9. The van der Waals surface area contributed by atoms with Gasteiger partial charge in [-0.3, -0.25) is 9.59 Å². The van der Waals surface area contributed by atoms with Gasteiger partial charge in [0.15, 0.2) is 0 Å². The fourth-order valence-corrected chi connectivity index (χ4v) is 3.07. The molecule has 9 nitrogen and oxygen atoms in total. The van der Waals surface area contributed by atoms with Gasteiger partial charge >= 0.3 is 5.97 Å². The molecule has 0 radical (unpaired) electrons. The number of piperidine rings is 1. The molecular formula is C16H26N4O5. The van der Waals surface area contributed by atoms with Gasteiger partial charge in [0.25, 0.3) is 6.47 Å². The van der Waals surface area contributed by atoms with Gasteiger partial charge in [-0.2, -0.15) is 4.98 Å². The van der Waals surface area contributed by atoms with Gasteiger partial charge < -0.3 is 25.5 Å². The lowest BCUT2D eigenvalue weighted by atomic mass is 9.73. The molecule has 0 saturated carbocycles. The number of carboxylic acid groups (broad SMARTS) is 2. The van der Waals surface area contributed by atoms with E-state index < -0.39 is 17.5 Å². The maximum absolute atomic E-state index is 11.7. The third-order valence-electron chi connectivity index (χ3n) is 4.36. The molecule has 1 aliphatic heterocycles. The summed E-state index contributed by atoms with van der Waals surface area (Å²) in [6.07, 6.45) is 0.673. The minimum absolute atomic E-state index is 0.235. The van der Waals surface area contributed by atoms with Crippen LogP contribution in [0.25, 0.3) is 0 Å². The number of nitrogens with zero attached hydrogens (tertiary/aromatic N) is 3. The van der Waals surface area contributed by atoms with E-state index in [4.69, 9.17) is 9.90 Å². The number of aromatic nitrogens is 2. The second kappa shape index (κ2) is 9.16. The van der Waals surface area contributed by atoms with Crippen molar-refractivity contribution in [2.24, 2.45) is 5.41 Å². The summed E-state index contributed by atoms with van der Waals surface area (Å²) in [5.41, 5.74) is -0.228. The molecule has 140 valence electrons. The summed E-state index contributed by atoms with van der Waals surface area (Å²) in [4.78, 5) is 30.7. The van der Waals surface area contributed by atoms with Crippen LogP contribution in [0.2, 0.25) is 0 Å². The summed E-state index contributed by atoms with van der Waals surface area (Å²) in [5.74, 6) is 0.321. The molecule has 2 heterocycles. The lowest BCUT2D eigenvalue weighted by Crippen LogP contribution is -2.55. The predicted molar refractivity (Wildman–Crippen MR) is 92.8 cm³/mol. The molecule has 0 aromatic carbocycles. The van der Waals surface area contributed by atoms with Gasteiger partial charge in [0.05, 0.1) is 11.5 Å². The number of nitrogens with one attached hydrogen (secondary N) is 1. The first-order chi connectivity index (χ1) is 11.8. The van der Waals surface area contributed by atoms with Crippen molar-refractivity contribution in [3.05, 3.63) is 11.8 Å². The van der Waals surface area contributed by atoms with E-state index >= 15 is 0 Å². The Labute approximate surface area is 146 Å². The monoisotopic (exact) mass is 354 g/mol. The van der Waals surface area contributed by atoms with Crippen LogP contribution in [0.4, 0.5) is 11.8 Å². The molecule has 4 N–H and O–H groups in total. The number of aliphatic hydroxyl groups is 1. The van der Waals surface area contributed by atoms with Crippen molar-refractivity contribution < 1.29 is 24.9 Å². The molecule has 1 saturated heterocycles. The largest absolute Gasteiger partial charge is 0.483 e. The topological polar surface area (TPSA) is 136 Å². The van der Waals surface area contributed by atoms with E-state index in [0.717, 1.165) is 12.1 Å². The van der Waals surface area contributed by atoms with E-state index in [-0.39, 0.29) is 13.0 Å². The van der Waals surface area contributed by atoms with E-state index in [9.17, 15) is 15.0 Å². The highest BCUT2D eigenvalue weighted by molar-refractivity contribution is 5.76. The Kier molecular flexibility index (Phi) is 7.56. The summed E-state index contributed by atoms with van der Waals surface area (Å²) < 4.78 is 0. The minimum Gasteiger partial charge on any atom is -0.483 e. The Balaban J connectivity index is 0.000000970. The van der Waals surface area contributed by atoms with Gasteiger partial charge in [0.2, 0.25) is 5.95 Å². The third-order valence-corrected chi connectivity index (χ3v) is 4.36. The Morgan fingerprint density at radius 3 is 2.64 bits per heavy atom. The second-order valence-corrected chi connectivity index (χ2v) is 5.97. The molecule has 0 bridgehead atoms. The van der Waals surface area contributed by atoms with Crippen molar-refractivity contribution in [1.82, 2.24) is 9.97 Å². The summed E-state index contributed by atoms with van der Waals surface area (Å²) in [6.45, 7) is 4.33. The van der Waals surface area contributed by atoms with Gasteiger partial charge in [-0.15, -0.1) is 0 Å². The summed E-state index contributed by atoms with van der Waals surface area (Å²) >= 11 is 0. The highest BCUT2D eigenvalue weighted by Crippen LogP contribution is 2.37. The van der Waals surface area contributed by atoms with Gasteiger partial charge in [-0.1, -0.05) is 13.3 Å². The van der Waals surface area contributed by atoms with Crippen LogP contribution in [0.3, 0.4) is 0 Å². The Morgan fingerprint density at radius 1 is 1.52 bits per heavy atom. The van der Waals surface area contributed by atoms with Crippen LogP contribution in [0, 0.1) is 12.3 Å². The molecular weight excluding hydrogens is 328 g/mol. The highest BCUT2D eigenvalue weighted by atomic mass is 16.4. The van der Waals surface area contributed by atoms with Crippen molar-refractivity contribution in [2.75, 3.05) is 30.4 Å². The summed E-state index contributed by atoms with van der Waals surface area (Å²) in [7, 11) is 1.79. The fourth-order valence-electron chi connectivity index (χ4n) is 3.07. The normalized spacial score (nSPS) is 22.6. The molecule has 9 heteroatoms. The number of hydrogen-bond acceptors (Lipinski definition) is 7. The van der Waals surface area contributed by atoms with E-state index in [2.05, 4.69) is 15.3 Å². The highest BCUT2D eigenvalue weighted by Gasteiger charge is 2.48. The number of carboxylic acids is 1. The smallest absolute Gasteiger partial charge is 0.312 e. The zero-order chi connectivity index (χ0) is 19.0. The second-order valence-electron chi connectivity index (χ2n) is 5.97. The van der Waals surface area contributed by atoms with Gasteiger partial charge in [-0.05, 0) is 19.8 Å². The van der Waals surface area contributed by atoms with Crippen molar-refractivity contribution >= 4 is 24.2 Å². The van der Waals surface area contributed by atoms with Crippen LogP contribution < -0.4 is 10.2 Å². The fraction of sp³-hybridized carbons (Fsp3) is 0.625. The molecule has 0 spiro atoms. The standard InChI is InChI=1S/C15H24N4O3.CH2O2/c1-4-5-15(13(21)22)6-7-19(9-11(15)20)14-17-10(2)8-12(16-3)18-14;2-1-3/h8,11,20H,4-7,9H2,1-3H3,(H,21,22)(H,16,17,18);1H,(H,2,3)/t11-,15+;/m1./s1. The van der Waals surface area contributed by atoms with Gasteiger partial charge in [-0.25, -0.2) is 4.98 Å². The molecule has 0 unspecified atom stereocenters. The van der Waals surface area contributed by atoms with E-state index in [0.29, 0.717) is 31.2 Å². The van der Waals surface area contributed by atoms with Crippen LogP contribution in [0.15, 0.2) is 6.07 Å². The molecule has 2 rings (SSSR count). The first-order valence-electron chi connectivity index (χ1n) is 8.12. The number of aliphatic carboxylic acids is 1. The molecule has 1 aliphatic rings. The Bertz CT molecular complexity index is 598. The SMILES string of the molecule is CCC[C@]1(C(=O)O)CCN(c2nc(C)cc(NC)n2)C[C@H]1O.O=CO. The molecule has 25 heavy (non-hydrogen) atoms. The number of carbonyl (C=O) groups is 2. The van der Waals surface area contributed by atoms with Crippen molar-refractivity contribution in [2.45, 2.75) is 39.2 Å². The average molecular weight is 354 g/mol. The Morgan fingerprint density at radius 2 is 2.16 bits per heavy atom. The molecule has 0 aliphatic carbocycles. The number of aliphatic hydroxyl groups excluding tert-OH is 1. The number of aryl methyl sites for hydroxylation is 1. The Hall–Kier alpha value is -2.42. The van der Waals surface area contributed by atoms with Gasteiger partial charge in [0.1, 0.15) is 5.82 Å². The number of anilines is 2. The maximum Gasteiger partial charge on any atom is 0.312 e. The number of β-amino-alcohol motifs (C(OH)–C–C–N with tert-alkyl or cyclic N) is 1. The van der Waals surface area contributed by atoms with Crippen LogP contribution in [-0.2, 0) is 9.59 Å². The first kappa shape index (κ1) is 20.6. The minimum atomic E-state index is -1.05. The number of rotatable bonds is 5. The van der Waals surface area contributed by atoms with Crippen molar-refractivity contribution in [3.8, 4) is 0 Å². The zero-order valence-electron chi connectivity index (χ0n) is 14.8. The van der Waals surface area contributed by atoms with Crippen molar-refractivity contribution in [1.29, 1.82) is 0 Å².